The Morgan fingerprint density at radius 1 is 1.09 bits per heavy atom. The van der Waals surface area contributed by atoms with Crippen molar-refractivity contribution in [3.8, 4) is 5.69 Å². The van der Waals surface area contributed by atoms with Crippen molar-refractivity contribution in [1.82, 2.24) is 14.8 Å². The van der Waals surface area contributed by atoms with Crippen LogP contribution in [0.4, 0.5) is 5.69 Å². The molecule has 6 heteroatoms. The summed E-state index contributed by atoms with van der Waals surface area (Å²) >= 11 is 3.38. The molecule has 1 amide bonds. The topological polar surface area (TPSA) is 59.8 Å². The number of halogens is 1. The van der Waals surface area contributed by atoms with E-state index in [1.807, 2.05) is 48.5 Å². The molecule has 22 heavy (non-hydrogen) atoms. The van der Waals surface area contributed by atoms with E-state index < -0.39 is 0 Å². The molecule has 0 saturated heterocycles. The van der Waals surface area contributed by atoms with E-state index in [-0.39, 0.29) is 5.91 Å². The maximum Gasteiger partial charge on any atom is 0.228 e. The number of carbonyl (C=O) groups excluding carboxylic acids is 1. The average Bonchev–Trinajstić information content (AvgIpc) is 3.05. The van der Waals surface area contributed by atoms with E-state index in [4.69, 9.17) is 0 Å². The number of anilines is 1. The zero-order valence-electron chi connectivity index (χ0n) is 11.6. The Labute approximate surface area is 136 Å². The van der Waals surface area contributed by atoms with Crippen molar-refractivity contribution in [1.29, 1.82) is 0 Å². The summed E-state index contributed by atoms with van der Waals surface area (Å²) < 4.78 is 2.66. The van der Waals surface area contributed by atoms with Crippen LogP contribution in [-0.4, -0.2) is 20.7 Å². The fourth-order valence-electron chi connectivity index (χ4n) is 2.03. The molecule has 110 valence electrons. The summed E-state index contributed by atoms with van der Waals surface area (Å²) in [4.78, 5) is 15.9. The minimum atomic E-state index is -0.0455. The van der Waals surface area contributed by atoms with Crippen LogP contribution in [0.5, 0.6) is 0 Å². The number of carbonyl (C=O) groups is 1. The fourth-order valence-corrected chi connectivity index (χ4v) is 2.30. The molecule has 5 nitrogen and oxygen atoms in total. The normalized spacial score (nSPS) is 10.4. The van der Waals surface area contributed by atoms with E-state index in [1.54, 1.807) is 11.0 Å². The smallest absolute Gasteiger partial charge is 0.228 e. The number of hydrogen-bond donors (Lipinski definition) is 1. The second-order valence-corrected chi connectivity index (χ2v) is 5.65. The van der Waals surface area contributed by atoms with Crippen molar-refractivity contribution in [3.63, 3.8) is 0 Å². The molecule has 2 aromatic carbocycles. The minimum absolute atomic E-state index is 0.0455. The lowest BCUT2D eigenvalue weighted by Gasteiger charge is -2.07. The molecule has 0 aliphatic rings. The van der Waals surface area contributed by atoms with Crippen molar-refractivity contribution in [2.24, 2.45) is 0 Å². The molecule has 1 aromatic heterocycles. The van der Waals surface area contributed by atoms with E-state index in [0.29, 0.717) is 6.42 Å². The van der Waals surface area contributed by atoms with Crippen LogP contribution in [-0.2, 0) is 11.2 Å². The highest BCUT2D eigenvalue weighted by Crippen LogP contribution is 2.14. The lowest BCUT2D eigenvalue weighted by molar-refractivity contribution is -0.115. The van der Waals surface area contributed by atoms with Gasteiger partial charge in [0, 0.05) is 10.2 Å². The molecule has 0 atom stereocenters. The van der Waals surface area contributed by atoms with Crippen molar-refractivity contribution < 1.29 is 4.79 Å². The maximum atomic E-state index is 12.0. The Balaban J connectivity index is 1.63. The van der Waals surface area contributed by atoms with E-state index in [9.17, 15) is 4.79 Å². The summed E-state index contributed by atoms with van der Waals surface area (Å²) in [6, 6.07) is 15.2. The first-order valence-electron chi connectivity index (χ1n) is 6.70. The largest absolute Gasteiger partial charge is 0.326 e. The zero-order chi connectivity index (χ0) is 15.4. The Bertz CT molecular complexity index is 752. The van der Waals surface area contributed by atoms with E-state index in [1.165, 1.54) is 6.33 Å². The Morgan fingerprint density at radius 2 is 1.82 bits per heavy atom. The molecular weight excluding hydrogens is 344 g/mol. The maximum absolute atomic E-state index is 12.0. The molecule has 0 saturated carbocycles. The van der Waals surface area contributed by atoms with Gasteiger partial charge < -0.3 is 5.32 Å². The predicted molar refractivity (Wildman–Crippen MR) is 87.8 cm³/mol. The number of nitrogens with one attached hydrogen (secondary N) is 1. The number of nitrogens with zero attached hydrogens (tertiary/aromatic N) is 3. The molecular formula is C16H13BrN4O. The third kappa shape index (κ3) is 3.59. The highest BCUT2D eigenvalue weighted by Gasteiger charge is 2.05. The van der Waals surface area contributed by atoms with E-state index >= 15 is 0 Å². The van der Waals surface area contributed by atoms with Gasteiger partial charge in [0.25, 0.3) is 0 Å². The van der Waals surface area contributed by atoms with Crippen LogP contribution in [0, 0.1) is 0 Å². The van der Waals surface area contributed by atoms with Crippen LogP contribution >= 0.6 is 15.9 Å². The molecule has 0 unspecified atom stereocenters. The van der Waals surface area contributed by atoms with Crippen LogP contribution < -0.4 is 5.32 Å². The van der Waals surface area contributed by atoms with Crippen molar-refractivity contribution >= 4 is 27.5 Å². The number of aromatic nitrogens is 3. The van der Waals surface area contributed by atoms with Crippen molar-refractivity contribution in [2.45, 2.75) is 6.42 Å². The molecule has 0 aliphatic carbocycles. The van der Waals surface area contributed by atoms with Crippen LogP contribution in [0.2, 0.25) is 0 Å². The van der Waals surface area contributed by atoms with Crippen LogP contribution in [0.25, 0.3) is 5.69 Å². The molecule has 0 spiro atoms. The quantitative estimate of drug-likeness (QED) is 0.780. The molecule has 0 radical (unpaired) electrons. The summed E-state index contributed by atoms with van der Waals surface area (Å²) in [6.45, 7) is 0. The number of amides is 1. The number of hydrogen-bond acceptors (Lipinski definition) is 3. The van der Waals surface area contributed by atoms with Gasteiger partial charge >= 0.3 is 0 Å². The second-order valence-electron chi connectivity index (χ2n) is 4.74. The predicted octanol–water partition coefficient (Wildman–Crippen LogP) is 3.21. The van der Waals surface area contributed by atoms with Crippen LogP contribution in [0.1, 0.15) is 5.56 Å². The third-order valence-electron chi connectivity index (χ3n) is 3.11. The van der Waals surface area contributed by atoms with Gasteiger partial charge in [0.05, 0.1) is 12.1 Å². The average molecular weight is 357 g/mol. The molecule has 1 heterocycles. The van der Waals surface area contributed by atoms with Gasteiger partial charge in [0.1, 0.15) is 12.7 Å². The lowest BCUT2D eigenvalue weighted by Crippen LogP contribution is -2.14. The monoisotopic (exact) mass is 356 g/mol. The van der Waals surface area contributed by atoms with E-state index in [0.717, 1.165) is 21.4 Å². The van der Waals surface area contributed by atoms with Gasteiger partial charge in [0.2, 0.25) is 5.91 Å². The summed E-state index contributed by atoms with van der Waals surface area (Å²) in [5.74, 6) is -0.0455. The number of benzene rings is 2. The molecule has 0 bridgehead atoms. The fraction of sp³-hybridized carbons (Fsp3) is 0.0625. The Morgan fingerprint density at radius 3 is 2.45 bits per heavy atom. The van der Waals surface area contributed by atoms with Crippen LogP contribution in [0.15, 0.2) is 65.7 Å². The van der Waals surface area contributed by atoms with Gasteiger partial charge in [-0.3, -0.25) is 4.79 Å². The highest BCUT2D eigenvalue weighted by atomic mass is 79.9. The highest BCUT2D eigenvalue weighted by molar-refractivity contribution is 9.10. The lowest BCUT2D eigenvalue weighted by atomic mass is 10.1. The van der Waals surface area contributed by atoms with Crippen molar-refractivity contribution in [2.75, 3.05) is 5.32 Å². The summed E-state index contributed by atoms with van der Waals surface area (Å²) in [6.07, 6.45) is 3.45. The van der Waals surface area contributed by atoms with Gasteiger partial charge in [-0.1, -0.05) is 28.1 Å². The summed E-state index contributed by atoms with van der Waals surface area (Å²) in [5.41, 5.74) is 2.62. The van der Waals surface area contributed by atoms with Gasteiger partial charge in [0.15, 0.2) is 0 Å². The van der Waals surface area contributed by atoms with Gasteiger partial charge in [-0.15, -0.1) is 0 Å². The summed E-state index contributed by atoms with van der Waals surface area (Å²) in [5, 5.41) is 6.94. The van der Waals surface area contributed by atoms with Gasteiger partial charge in [-0.25, -0.2) is 9.67 Å². The standard InChI is InChI=1S/C16H13BrN4O/c17-13-3-1-12(2-4-13)9-16(22)20-14-5-7-15(8-6-14)21-11-18-10-19-21/h1-8,10-11H,9H2,(H,20,22). The van der Waals surface area contributed by atoms with E-state index in [2.05, 4.69) is 31.3 Å². The Kier molecular flexibility index (Phi) is 4.29. The Hall–Kier alpha value is -2.47. The van der Waals surface area contributed by atoms with Crippen LogP contribution in [0.3, 0.4) is 0 Å². The molecule has 0 fully saturated rings. The van der Waals surface area contributed by atoms with Crippen molar-refractivity contribution in [3.05, 3.63) is 71.2 Å². The molecule has 0 aliphatic heterocycles. The molecule has 1 N–H and O–H groups in total. The second kappa shape index (κ2) is 6.53. The molecule has 3 aromatic rings. The minimum Gasteiger partial charge on any atom is -0.326 e. The van der Waals surface area contributed by atoms with Gasteiger partial charge in [-0.2, -0.15) is 5.10 Å². The first-order valence-corrected chi connectivity index (χ1v) is 7.49. The zero-order valence-corrected chi connectivity index (χ0v) is 13.2. The number of rotatable bonds is 4. The SMILES string of the molecule is O=C(Cc1ccc(Br)cc1)Nc1ccc(-n2cncn2)cc1. The summed E-state index contributed by atoms with van der Waals surface area (Å²) in [7, 11) is 0. The van der Waals surface area contributed by atoms with Gasteiger partial charge in [-0.05, 0) is 42.0 Å². The molecule has 3 rings (SSSR count). The first kappa shape index (κ1) is 14.5. The first-order chi connectivity index (χ1) is 10.7. The third-order valence-corrected chi connectivity index (χ3v) is 3.64.